The predicted molar refractivity (Wildman–Crippen MR) is 57.6 cm³/mol. The van der Waals surface area contributed by atoms with Crippen LogP contribution in [0.4, 0.5) is 8.78 Å². The minimum absolute atomic E-state index is 0.00170. The monoisotopic (exact) mass is 248 g/mol. The largest absolute Gasteiger partial charge is 0.496 e. The van der Waals surface area contributed by atoms with Crippen LogP contribution in [0.2, 0.25) is 0 Å². The topological polar surface area (TPSA) is 26.3 Å². The first-order valence-corrected chi connectivity index (χ1v) is 5.05. The van der Waals surface area contributed by atoms with Gasteiger partial charge in [-0.2, -0.15) is 0 Å². The van der Waals surface area contributed by atoms with E-state index in [0.29, 0.717) is 0 Å². The van der Waals surface area contributed by atoms with Gasteiger partial charge in [-0.15, -0.1) is 11.6 Å². The van der Waals surface area contributed by atoms with Crippen molar-refractivity contribution in [3.05, 3.63) is 29.3 Å². The lowest BCUT2D eigenvalue weighted by Gasteiger charge is -2.10. The van der Waals surface area contributed by atoms with E-state index in [1.807, 2.05) is 0 Å². The van der Waals surface area contributed by atoms with E-state index in [1.54, 1.807) is 0 Å². The van der Waals surface area contributed by atoms with Crippen molar-refractivity contribution in [2.75, 3.05) is 7.11 Å². The molecule has 0 saturated heterocycles. The van der Waals surface area contributed by atoms with Gasteiger partial charge in [0.05, 0.1) is 18.1 Å². The highest BCUT2D eigenvalue weighted by Gasteiger charge is 2.18. The number of halogens is 3. The van der Waals surface area contributed by atoms with Crippen molar-refractivity contribution in [3.8, 4) is 5.75 Å². The molecule has 0 bridgehead atoms. The zero-order valence-electron chi connectivity index (χ0n) is 8.84. The molecule has 0 aliphatic heterocycles. The molecule has 0 saturated carbocycles. The molecule has 1 aromatic carbocycles. The lowest BCUT2D eigenvalue weighted by Crippen LogP contribution is -2.10. The second-order valence-electron chi connectivity index (χ2n) is 3.24. The van der Waals surface area contributed by atoms with Gasteiger partial charge in [0.15, 0.2) is 5.78 Å². The molecule has 0 N–H and O–H groups in total. The average Bonchev–Trinajstić information content (AvgIpc) is 2.26. The average molecular weight is 249 g/mol. The Morgan fingerprint density at radius 3 is 2.50 bits per heavy atom. The number of benzene rings is 1. The summed E-state index contributed by atoms with van der Waals surface area (Å²) in [7, 11) is 1.28. The molecular weight excluding hydrogens is 238 g/mol. The number of rotatable bonds is 4. The number of Topliss-reactive ketones (excluding diaryl/α,β-unsaturated/α-hetero) is 1. The van der Waals surface area contributed by atoms with Crippen LogP contribution in [0.3, 0.4) is 0 Å². The van der Waals surface area contributed by atoms with Crippen LogP contribution in [-0.4, -0.2) is 18.3 Å². The molecule has 5 heteroatoms. The quantitative estimate of drug-likeness (QED) is 0.603. The Kier molecular flexibility index (Phi) is 4.24. The normalized spacial score (nSPS) is 12.6. The molecule has 2 nitrogen and oxygen atoms in total. The summed E-state index contributed by atoms with van der Waals surface area (Å²) in [5.41, 5.74) is 0.0324. The molecule has 0 spiro atoms. The summed E-state index contributed by atoms with van der Waals surface area (Å²) in [5.74, 6) is -0.320. The van der Waals surface area contributed by atoms with Gasteiger partial charge in [-0.05, 0) is 19.1 Å². The molecule has 0 heterocycles. The molecule has 1 unspecified atom stereocenters. The summed E-state index contributed by atoms with van der Waals surface area (Å²) in [6.07, 6.45) is -2.63. The van der Waals surface area contributed by atoms with Crippen molar-refractivity contribution >= 4 is 17.4 Å². The zero-order valence-corrected chi connectivity index (χ0v) is 9.59. The lowest BCUT2D eigenvalue weighted by atomic mass is 10.1. The number of hydrogen-bond acceptors (Lipinski definition) is 2. The maximum Gasteiger partial charge on any atom is 0.267 e. The molecule has 1 atom stereocenters. The summed E-state index contributed by atoms with van der Waals surface area (Å²) in [5, 5.41) is -0.692. The second kappa shape index (κ2) is 5.25. The molecule has 1 aromatic rings. The number of carbonyl (C=O) groups is 1. The van der Waals surface area contributed by atoms with Crippen molar-refractivity contribution in [1.82, 2.24) is 0 Å². The summed E-state index contributed by atoms with van der Waals surface area (Å²) in [6.45, 7) is 1.53. The first-order valence-electron chi connectivity index (χ1n) is 4.61. The van der Waals surface area contributed by atoms with Gasteiger partial charge in [-0.25, -0.2) is 8.78 Å². The van der Waals surface area contributed by atoms with Crippen molar-refractivity contribution in [1.29, 1.82) is 0 Å². The number of ketones is 1. The van der Waals surface area contributed by atoms with Crippen LogP contribution >= 0.6 is 11.6 Å². The third kappa shape index (κ3) is 2.70. The van der Waals surface area contributed by atoms with E-state index in [0.717, 1.165) is 0 Å². The van der Waals surface area contributed by atoms with Gasteiger partial charge in [0.25, 0.3) is 6.43 Å². The van der Waals surface area contributed by atoms with Gasteiger partial charge in [-0.3, -0.25) is 4.79 Å². The van der Waals surface area contributed by atoms with Crippen molar-refractivity contribution < 1.29 is 18.3 Å². The Morgan fingerprint density at radius 1 is 1.44 bits per heavy atom. The number of methoxy groups -OCH3 is 1. The summed E-state index contributed by atoms with van der Waals surface area (Å²) in [6, 6.07) is 3.78. The van der Waals surface area contributed by atoms with Gasteiger partial charge >= 0.3 is 0 Å². The smallest absolute Gasteiger partial charge is 0.267 e. The van der Waals surface area contributed by atoms with E-state index in [4.69, 9.17) is 16.3 Å². The SMILES string of the molecule is COc1cc(C(=O)C(C)Cl)ccc1C(F)F. The fraction of sp³-hybridized carbons (Fsp3) is 0.364. The Labute approximate surface area is 97.2 Å². The maximum absolute atomic E-state index is 12.5. The molecule has 0 aliphatic rings. The Bertz CT molecular complexity index is 392. The van der Waals surface area contributed by atoms with E-state index in [9.17, 15) is 13.6 Å². The summed E-state index contributed by atoms with van der Waals surface area (Å²) in [4.78, 5) is 11.5. The van der Waals surface area contributed by atoms with E-state index < -0.39 is 11.8 Å². The molecule has 0 aliphatic carbocycles. The number of carbonyl (C=O) groups excluding carboxylic acids is 1. The first kappa shape index (κ1) is 12.9. The second-order valence-corrected chi connectivity index (χ2v) is 3.89. The van der Waals surface area contributed by atoms with Gasteiger partial charge in [0.2, 0.25) is 0 Å². The molecule has 0 fully saturated rings. The number of alkyl halides is 3. The van der Waals surface area contributed by atoms with Gasteiger partial charge in [0, 0.05) is 5.56 Å². The van der Waals surface area contributed by atoms with Crippen LogP contribution in [0.15, 0.2) is 18.2 Å². The highest BCUT2D eigenvalue weighted by atomic mass is 35.5. The Morgan fingerprint density at radius 2 is 2.06 bits per heavy atom. The minimum atomic E-state index is -2.63. The van der Waals surface area contributed by atoms with Crippen molar-refractivity contribution in [3.63, 3.8) is 0 Å². The van der Waals surface area contributed by atoms with Crippen molar-refractivity contribution in [2.24, 2.45) is 0 Å². The number of hydrogen-bond donors (Lipinski definition) is 0. The summed E-state index contributed by atoms with van der Waals surface area (Å²) < 4.78 is 29.8. The highest BCUT2D eigenvalue weighted by molar-refractivity contribution is 6.33. The van der Waals surface area contributed by atoms with E-state index >= 15 is 0 Å². The molecular formula is C11H11ClF2O2. The lowest BCUT2D eigenvalue weighted by molar-refractivity contribution is 0.0990. The molecule has 0 aromatic heterocycles. The molecule has 1 rings (SSSR count). The highest BCUT2D eigenvalue weighted by Crippen LogP contribution is 2.30. The van der Waals surface area contributed by atoms with Crippen LogP contribution < -0.4 is 4.74 Å². The van der Waals surface area contributed by atoms with E-state index in [2.05, 4.69) is 0 Å². The summed E-state index contributed by atoms with van der Waals surface area (Å²) >= 11 is 5.62. The third-order valence-corrected chi connectivity index (χ3v) is 2.31. The van der Waals surface area contributed by atoms with Gasteiger partial charge in [-0.1, -0.05) is 6.07 Å². The third-order valence-electron chi connectivity index (χ3n) is 2.11. The van der Waals surface area contributed by atoms with E-state index in [-0.39, 0.29) is 22.7 Å². The minimum Gasteiger partial charge on any atom is -0.496 e. The van der Waals surface area contributed by atoms with Gasteiger partial charge < -0.3 is 4.74 Å². The van der Waals surface area contributed by atoms with E-state index in [1.165, 1.54) is 32.2 Å². The van der Waals surface area contributed by atoms with Gasteiger partial charge in [0.1, 0.15) is 5.75 Å². The fourth-order valence-electron chi connectivity index (χ4n) is 1.27. The van der Waals surface area contributed by atoms with Crippen LogP contribution in [0, 0.1) is 0 Å². The van der Waals surface area contributed by atoms with Crippen LogP contribution in [0.25, 0.3) is 0 Å². The molecule has 0 radical (unpaired) electrons. The van der Waals surface area contributed by atoms with Crippen LogP contribution in [0.1, 0.15) is 29.3 Å². The van der Waals surface area contributed by atoms with Crippen LogP contribution in [-0.2, 0) is 0 Å². The van der Waals surface area contributed by atoms with Crippen LogP contribution in [0.5, 0.6) is 5.75 Å². The van der Waals surface area contributed by atoms with Crippen molar-refractivity contribution in [2.45, 2.75) is 18.7 Å². The standard InChI is InChI=1S/C11H11ClF2O2/c1-6(12)10(15)7-3-4-8(11(13)14)9(5-7)16-2/h3-6,11H,1-2H3. The Hall–Kier alpha value is -1.16. The number of ether oxygens (including phenoxy) is 1. The fourth-order valence-corrected chi connectivity index (χ4v) is 1.40. The predicted octanol–water partition coefficient (Wildman–Crippen LogP) is 3.44. The maximum atomic E-state index is 12.5. The zero-order chi connectivity index (χ0) is 12.3. The molecule has 16 heavy (non-hydrogen) atoms. The first-order chi connectivity index (χ1) is 7.47. The molecule has 88 valence electrons. The Balaban J connectivity index is 3.14. The molecule has 0 amide bonds.